The van der Waals surface area contributed by atoms with Crippen LogP contribution in [0.15, 0.2) is 158 Å². The summed E-state index contributed by atoms with van der Waals surface area (Å²) in [6.07, 6.45) is 0. The molecule has 47 heavy (non-hydrogen) atoms. The third-order valence-electron chi connectivity index (χ3n) is 9.68. The molecular weight excluding hydrogens is 573 g/mol. The van der Waals surface area contributed by atoms with Crippen molar-refractivity contribution >= 4 is 65.4 Å². The summed E-state index contributed by atoms with van der Waals surface area (Å²) in [6.45, 7) is 0. The van der Waals surface area contributed by atoms with Gasteiger partial charge in [-0.2, -0.15) is 5.26 Å². The Bertz CT molecular complexity index is 2860. The van der Waals surface area contributed by atoms with Gasteiger partial charge in [-0.05, 0) is 54.6 Å². The number of aromatic nitrogens is 3. The first-order valence-electron chi connectivity index (χ1n) is 15.9. The van der Waals surface area contributed by atoms with Gasteiger partial charge in [0.05, 0.1) is 44.5 Å². The minimum Gasteiger partial charge on any atom is -0.309 e. The number of nitrogens with zero attached hydrogens (tertiary/aromatic N) is 4. The lowest BCUT2D eigenvalue weighted by atomic mass is 10.1. The Kier molecular flexibility index (Phi) is 5.32. The average molecular weight is 599 g/mol. The molecule has 0 saturated heterocycles. The van der Waals surface area contributed by atoms with Crippen molar-refractivity contribution in [1.82, 2.24) is 13.7 Å². The number of benzene rings is 7. The molecule has 0 fully saturated rings. The van der Waals surface area contributed by atoms with Crippen molar-refractivity contribution in [2.45, 2.75) is 0 Å². The summed E-state index contributed by atoms with van der Waals surface area (Å²) in [5, 5.41) is 18.1. The van der Waals surface area contributed by atoms with Crippen LogP contribution in [0, 0.1) is 11.3 Å². The van der Waals surface area contributed by atoms with E-state index in [2.05, 4.69) is 177 Å². The van der Waals surface area contributed by atoms with Crippen LogP contribution >= 0.6 is 0 Å². The molecule has 0 aliphatic heterocycles. The summed E-state index contributed by atoms with van der Waals surface area (Å²) in [5.74, 6) is 0. The van der Waals surface area contributed by atoms with Gasteiger partial charge in [0.15, 0.2) is 0 Å². The lowest BCUT2D eigenvalue weighted by Crippen LogP contribution is -2.04. The van der Waals surface area contributed by atoms with Crippen molar-refractivity contribution < 1.29 is 0 Å². The highest BCUT2D eigenvalue weighted by Gasteiger charge is 2.23. The van der Waals surface area contributed by atoms with E-state index in [1.165, 1.54) is 38.0 Å². The van der Waals surface area contributed by atoms with Gasteiger partial charge in [0.25, 0.3) is 0 Å². The third kappa shape index (κ3) is 3.46. The molecule has 7 aromatic carbocycles. The smallest absolute Gasteiger partial charge is 0.104 e. The number of hydrogen-bond donors (Lipinski definition) is 0. The predicted octanol–water partition coefficient (Wildman–Crippen LogP) is 10.8. The Morgan fingerprint density at radius 1 is 0.362 bits per heavy atom. The maximum absolute atomic E-state index is 11.0. The zero-order valence-corrected chi connectivity index (χ0v) is 25.3. The van der Waals surface area contributed by atoms with Gasteiger partial charge in [-0.25, -0.2) is 0 Å². The lowest BCUT2D eigenvalue weighted by Gasteiger charge is -2.15. The summed E-state index contributed by atoms with van der Waals surface area (Å²) < 4.78 is 6.92. The molecule has 0 bridgehead atoms. The summed E-state index contributed by atoms with van der Waals surface area (Å²) in [7, 11) is 0. The van der Waals surface area contributed by atoms with Crippen LogP contribution in [0.4, 0.5) is 0 Å². The molecule has 0 amide bonds. The maximum Gasteiger partial charge on any atom is 0.104 e. The van der Waals surface area contributed by atoms with Crippen molar-refractivity contribution in [3.8, 4) is 23.1 Å². The van der Waals surface area contributed by atoms with E-state index in [4.69, 9.17) is 0 Å². The molecule has 3 heterocycles. The number of nitriles is 1. The van der Waals surface area contributed by atoms with Gasteiger partial charge in [0.1, 0.15) is 11.6 Å². The summed E-state index contributed by atoms with van der Waals surface area (Å²) in [6, 6.07) is 58.1. The molecule has 0 aliphatic carbocycles. The molecule has 0 spiro atoms. The second kappa shape index (κ2) is 9.71. The van der Waals surface area contributed by atoms with Crippen molar-refractivity contribution in [3.63, 3.8) is 0 Å². The van der Waals surface area contributed by atoms with Crippen molar-refractivity contribution in [2.24, 2.45) is 0 Å². The number of hydrogen-bond acceptors (Lipinski definition) is 1. The van der Waals surface area contributed by atoms with E-state index in [1.807, 2.05) is 0 Å². The van der Waals surface area contributed by atoms with Gasteiger partial charge in [-0.3, -0.25) is 0 Å². The van der Waals surface area contributed by atoms with Gasteiger partial charge in [-0.1, -0.05) is 103 Å². The first-order chi connectivity index (χ1) is 23.3. The van der Waals surface area contributed by atoms with Crippen LogP contribution in [0.1, 0.15) is 5.56 Å². The highest BCUT2D eigenvalue weighted by Crippen LogP contribution is 2.43. The Morgan fingerprint density at radius 2 is 0.830 bits per heavy atom. The van der Waals surface area contributed by atoms with E-state index in [9.17, 15) is 5.26 Å². The fourth-order valence-electron chi connectivity index (χ4n) is 7.81. The molecule has 0 atom stereocenters. The van der Waals surface area contributed by atoms with Crippen LogP contribution < -0.4 is 0 Å². The zero-order chi connectivity index (χ0) is 31.1. The quantitative estimate of drug-likeness (QED) is 0.199. The molecule has 0 saturated carbocycles. The zero-order valence-electron chi connectivity index (χ0n) is 25.3. The molecule has 10 aromatic rings. The van der Waals surface area contributed by atoms with E-state index in [0.29, 0.717) is 5.56 Å². The fourth-order valence-corrected chi connectivity index (χ4v) is 7.81. The summed E-state index contributed by atoms with van der Waals surface area (Å²) >= 11 is 0. The molecular formula is C43H26N4. The minimum atomic E-state index is 0.630. The Labute approximate surface area is 270 Å². The highest BCUT2D eigenvalue weighted by atomic mass is 15.0. The molecule has 4 nitrogen and oxygen atoms in total. The van der Waals surface area contributed by atoms with Crippen LogP contribution in [0.25, 0.3) is 82.5 Å². The van der Waals surface area contributed by atoms with Crippen molar-refractivity contribution in [3.05, 3.63) is 163 Å². The second-order valence-electron chi connectivity index (χ2n) is 12.0. The van der Waals surface area contributed by atoms with Crippen molar-refractivity contribution in [1.29, 1.82) is 5.26 Å². The van der Waals surface area contributed by atoms with Crippen LogP contribution in [0.5, 0.6) is 0 Å². The summed E-state index contributed by atoms with van der Waals surface area (Å²) in [5.41, 5.74) is 10.1. The average Bonchev–Trinajstić information content (AvgIpc) is 3.77. The SMILES string of the molecule is N#Cc1c(-n2c3ccccc3c3ccccc32)cccc1-n1c2ccccc2c2c1ccc1c3ccccc3n(-c3ccccc3)c12. The van der Waals surface area contributed by atoms with Gasteiger partial charge in [0, 0.05) is 38.0 Å². The normalized spacial score (nSPS) is 11.8. The van der Waals surface area contributed by atoms with E-state index >= 15 is 0 Å². The minimum absolute atomic E-state index is 0.630. The molecule has 0 unspecified atom stereocenters. The number of para-hydroxylation sites is 5. The van der Waals surface area contributed by atoms with Crippen LogP contribution in [0.3, 0.4) is 0 Å². The molecule has 10 rings (SSSR count). The van der Waals surface area contributed by atoms with E-state index in [-0.39, 0.29) is 0 Å². The largest absolute Gasteiger partial charge is 0.309 e. The standard InChI is InChI=1S/C43H26N4/c44-27-34-39(46-36-20-9-4-15-29(36)30-16-5-10-21-37(30)46)23-12-24-40(34)47-38-22-11-7-18-33(38)42-41(47)26-25-32-31-17-6-8-19-35(31)45(43(32)42)28-13-2-1-3-14-28/h1-26H. The van der Waals surface area contributed by atoms with E-state index in [0.717, 1.165) is 44.5 Å². The molecule has 0 aliphatic rings. The Hall–Kier alpha value is -6.57. The number of fused-ring (bicyclic) bond motifs is 10. The van der Waals surface area contributed by atoms with Crippen LogP contribution in [-0.2, 0) is 0 Å². The van der Waals surface area contributed by atoms with E-state index in [1.54, 1.807) is 0 Å². The van der Waals surface area contributed by atoms with Crippen LogP contribution in [-0.4, -0.2) is 13.7 Å². The topological polar surface area (TPSA) is 38.6 Å². The lowest BCUT2D eigenvalue weighted by molar-refractivity contribution is 1.12. The maximum atomic E-state index is 11.0. The fraction of sp³-hybridized carbons (Fsp3) is 0. The molecule has 3 aromatic heterocycles. The number of rotatable bonds is 3. The van der Waals surface area contributed by atoms with Gasteiger partial charge >= 0.3 is 0 Å². The third-order valence-corrected chi connectivity index (χ3v) is 9.68. The molecule has 4 heteroatoms. The van der Waals surface area contributed by atoms with Crippen molar-refractivity contribution in [2.75, 3.05) is 0 Å². The Balaban J connectivity index is 1.36. The first kappa shape index (κ1) is 25.7. The van der Waals surface area contributed by atoms with Gasteiger partial charge in [0.2, 0.25) is 0 Å². The van der Waals surface area contributed by atoms with Gasteiger partial charge < -0.3 is 13.7 Å². The molecule has 0 N–H and O–H groups in total. The molecule has 218 valence electrons. The molecule has 0 radical (unpaired) electrons. The predicted molar refractivity (Wildman–Crippen MR) is 194 cm³/mol. The summed E-state index contributed by atoms with van der Waals surface area (Å²) in [4.78, 5) is 0. The second-order valence-corrected chi connectivity index (χ2v) is 12.0. The van der Waals surface area contributed by atoms with Gasteiger partial charge in [-0.15, -0.1) is 0 Å². The highest BCUT2D eigenvalue weighted by molar-refractivity contribution is 6.26. The first-order valence-corrected chi connectivity index (χ1v) is 15.9. The Morgan fingerprint density at radius 3 is 1.43 bits per heavy atom. The van der Waals surface area contributed by atoms with Crippen LogP contribution in [0.2, 0.25) is 0 Å². The monoisotopic (exact) mass is 598 g/mol. The van der Waals surface area contributed by atoms with E-state index < -0.39 is 0 Å².